The van der Waals surface area contributed by atoms with Gasteiger partial charge in [0.2, 0.25) is 5.91 Å². The van der Waals surface area contributed by atoms with E-state index >= 15 is 0 Å². The lowest BCUT2D eigenvalue weighted by molar-refractivity contribution is -0.137. The molecule has 0 aliphatic carbocycles. The van der Waals surface area contributed by atoms with Gasteiger partial charge >= 0.3 is 6.18 Å². The SMILES string of the molecule is CCOc1cc(N2CCOCC2)c(OCC)cc1NC(=O)/C=C/c1cccc(C(F)(F)F)c1. The average Bonchev–Trinajstić information content (AvgIpc) is 2.80. The normalized spacial score (nSPS) is 14.4. The van der Waals surface area contributed by atoms with Crippen molar-refractivity contribution in [1.82, 2.24) is 0 Å². The summed E-state index contributed by atoms with van der Waals surface area (Å²) in [5.41, 5.74) is 0.753. The number of amides is 1. The molecule has 9 heteroatoms. The van der Waals surface area contributed by atoms with Crippen molar-refractivity contribution in [1.29, 1.82) is 0 Å². The monoisotopic (exact) mass is 464 g/mol. The van der Waals surface area contributed by atoms with E-state index in [1.165, 1.54) is 24.3 Å². The van der Waals surface area contributed by atoms with Crippen molar-refractivity contribution < 1.29 is 32.2 Å². The maximum absolute atomic E-state index is 12.9. The van der Waals surface area contributed by atoms with Crippen LogP contribution in [0.25, 0.3) is 6.08 Å². The van der Waals surface area contributed by atoms with Crippen LogP contribution in [0.5, 0.6) is 11.5 Å². The van der Waals surface area contributed by atoms with Gasteiger partial charge in [-0.2, -0.15) is 13.2 Å². The van der Waals surface area contributed by atoms with Crippen LogP contribution in [0.3, 0.4) is 0 Å². The number of nitrogens with zero attached hydrogens (tertiary/aromatic N) is 1. The molecule has 2 aromatic carbocycles. The van der Waals surface area contributed by atoms with Crippen LogP contribution in [0, 0.1) is 0 Å². The molecule has 3 rings (SSSR count). The number of rotatable bonds is 8. The van der Waals surface area contributed by atoms with Crippen molar-refractivity contribution in [3.63, 3.8) is 0 Å². The first-order valence-electron chi connectivity index (χ1n) is 10.7. The average molecular weight is 464 g/mol. The standard InChI is InChI=1S/C24H27F3N2O4/c1-3-32-21-16-20(29-10-12-31-13-11-29)22(33-4-2)15-19(21)28-23(30)9-8-17-6-5-7-18(14-17)24(25,26)27/h5-9,14-16H,3-4,10-13H2,1-2H3,(H,28,30)/b9-8+. The Morgan fingerprint density at radius 1 is 1.09 bits per heavy atom. The van der Waals surface area contributed by atoms with Gasteiger partial charge in [0.1, 0.15) is 11.5 Å². The molecule has 2 aromatic rings. The summed E-state index contributed by atoms with van der Waals surface area (Å²) >= 11 is 0. The topological polar surface area (TPSA) is 60.0 Å². The summed E-state index contributed by atoms with van der Waals surface area (Å²) in [6.45, 7) is 7.16. The Balaban J connectivity index is 1.83. The van der Waals surface area contributed by atoms with E-state index < -0.39 is 17.6 Å². The Kier molecular flexibility index (Phi) is 8.21. The van der Waals surface area contributed by atoms with Crippen LogP contribution in [0.2, 0.25) is 0 Å². The number of halogens is 3. The number of alkyl halides is 3. The van der Waals surface area contributed by atoms with E-state index in [2.05, 4.69) is 10.2 Å². The summed E-state index contributed by atoms with van der Waals surface area (Å²) in [7, 11) is 0. The number of carbonyl (C=O) groups excluding carboxylic acids is 1. The second-order valence-electron chi connectivity index (χ2n) is 7.23. The highest BCUT2D eigenvalue weighted by atomic mass is 19.4. The van der Waals surface area contributed by atoms with Crippen molar-refractivity contribution in [3.8, 4) is 11.5 Å². The first-order chi connectivity index (χ1) is 15.8. The van der Waals surface area contributed by atoms with Gasteiger partial charge in [0, 0.05) is 31.3 Å². The molecule has 0 radical (unpaired) electrons. The van der Waals surface area contributed by atoms with Gasteiger partial charge in [-0.15, -0.1) is 0 Å². The quantitative estimate of drug-likeness (QED) is 0.558. The van der Waals surface area contributed by atoms with Gasteiger partial charge in [0.25, 0.3) is 0 Å². The molecule has 0 atom stereocenters. The predicted octanol–water partition coefficient (Wildman–Crippen LogP) is 4.99. The van der Waals surface area contributed by atoms with Crippen molar-refractivity contribution in [2.24, 2.45) is 0 Å². The molecule has 178 valence electrons. The predicted molar refractivity (Wildman–Crippen MR) is 121 cm³/mol. The van der Waals surface area contributed by atoms with E-state index in [0.717, 1.165) is 17.8 Å². The van der Waals surface area contributed by atoms with Crippen LogP contribution in [-0.4, -0.2) is 45.4 Å². The Hall–Kier alpha value is -3.20. The van der Waals surface area contributed by atoms with Crippen LogP contribution in [-0.2, 0) is 15.7 Å². The van der Waals surface area contributed by atoms with Gasteiger partial charge in [0.15, 0.2) is 0 Å². The van der Waals surface area contributed by atoms with Crippen molar-refractivity contribution in [2.45, 2.75) is 20.0 Å². The molecule has 1 saturated heterocycles. The molecule has 1 fully saturated rings. The Morgan fingerprint density at radius 2 is 1.79 bits per heavy atom. The molecule has 0 saturated carbocycles. The van der Waals surface area contributed by atoms with Crippen LogP contribution in [0.15, 0.2) is 42.5 Å². The van der Waals surface area contributed by atoms with Crippen LogP contribution in [0.4, 0.5) is 24.5 Å². The molecule has 0 aromatic heterocycles. The van der Waals surface area contributed by atoms with Gasteiger partial charge in [-0.3, -0.25) is 4.79 Å². The minimum atomic E-state index is -4.45. The second-order valence-corrected chi connectivity index (χ2v) is 7.23. The molecule has 0 spiro atoms. The molecule has 1 N–H and O–H groups in total. The van der Waals surface area contributed by atoms with Gasteiger partial charge in [-0.1, -0.05) is 12.1 Å². The van der Waals surface area contributed by atoms with E-state index in [-0.39, 0.29) is 5.56 Å². The summed E-state index contributed by atoms with van der Waals surface area (Å²) in [6.07, 6.45) is -1.94. The van der Waals surface area contributed by atoms with Crippen LogP contribution >= 0.6 is 0 Å². The van der Waals surface area contributed by atoms with Crippen molar-refractivity contribution >= 4 is 23.4 Å². The summed E-state index contributed by atoms with van der Waals surface area (Å²) in [5.74, 6) is 0.568. The number of hydrogen-bond acceptors (Lipinski definition) is 5. The number of ether oxygens (including phenoxy) is 3. The van der Waals surface area contributed by atoms with E-state index in [9.17, 15) is 18.0 Å². The Morgan fingerprint density at radius 3 is 2.45 bits per heavy atom. The van der Waals surface area contributed by atoms with Gasteiger partial charge in [-0.25, -0.2) is 0 Å². The number of carbonyl (C=O) groups is 1. The number of anilines is 2. The summed E-state index contributed by atoms with van der Waals surface area (Å²) < 4.78 is 55.7. The van der Waals surface area contributed by atoms with E-state index in [0.29, 0.717) is 56.7 Å². The molecular formula is C24H27F3N2O4. The molecule has 33 heavy (non-hydrogen) atoms. The first kappa shape index (κ1) is 24.4. The third-order valence-electron chi connectivity index (χ3n) is 4.91. The minimum absolute atomic E-state index is 0.266. The summed E-state index contributed by atoms with van der Waals surface area (Å²) in [5, 5.41) is 2.74. The zero-order valence-corrected chi connectivity index (χ0v) is 18.6. The van der Waals surface area contributed by atoms with Crippen LogP contribution < -0.4 is 19.7 Å². The molecule has 1 aliphatic rings. The lowest BCUT2D eigenvalue weighted by Gasteiger charge is -2.31. The lowest BCUT2D eigenvalue weighted by Crippen LogP contribution is -2.36. The van der Waals surface area contributed by atoms with Crippen molar-refractivity contribution in [3.05, 3.63) is 53.6 Å². The van der Waals surface area contributed by atoms with Crippen LogP contribution in [0.1, 0.15) is 25.0 Å². The Bertz CT molecular complexity index is 986. The fraction of sp³-hybridized carbons (Fsp3) is 0.375. The minimum Gasteiger partial charge on any atom is -0.492 e. The van der Waals surface area contributed by atoms with Crippen molar-refractivity contribution in [2.75, 3.05) is 49.7 Å². The third-order valence-corrected chi connectivity index (χ3v) is 4.91. The fourth-order valence-electron chi connectivity index (χ4n) is 3.41. The molecule has 6 nitrogen and oxygen atoms in total. The first-order valence-corrected chi connectivity index (χ1v) is 10.7. The number of hydrogen-bond donors (Lipinski definition) is 1. The zero-order chi connectivity index (χ0) is 23.8. The van der Waals surface area contributed by atoms with E-state index in [4.69, 9.17) is 14.2 Å². The summed E-state index contributed by atoms with van der Waals surface area (Å²) in [6, 6.07) is 8.29. The smallest absolute Gasteiger partial charge is 0.416 e. The number of morpholine rings is 1. The highest BCUT2D eigenvalue weighted by molar-refractivity contribution is 6.03. The molecule has 0 bridgehead atoms. The highest BCUT2D eigenvalue weighted by Gasteiger charge is 2.30. The van der Waals surface area contributed by atoms with Gasteiger partial charge in [0.05, 0.1) is 43.4 Å². The van der Waals surface area contributed by atoms with E-state index in [1.54, 1.807) is 6.07 Å². The Labute approximate surface area is 190 Å². The van der Waals surface area contributed by atoms with Gasteiger partial charge in [-0.05, 0) is 37.6 Å². The zero-order valence-electron chi connectivity index (χ0n) is 18.6. The number of benzene rings is 2. The number of nitrogens with one attached hydrogen (secondary N) is 1. The molecular weight excluding hydrogens is 437 g/mol. The fourth-order valence-corrected chi connectivity index (χ4v) is 3.41. The van der Waals surface area contributed by atoms with Gasteiger partial charge < -0.3 is 24.4 Å². The maximum atomic E-state index is 12.9. The maximum Gasteiger partial charge on any atom is 0.416 e. The third kappa shape index (κ3) is 6.64. The van der Waals surface area contributed by atoms with E-state index in [1.807, 2.05) is 19.9 Å². The molecule has 0 unspecified atom stereocenters. The highest BCUT2D eigenvalue weighted by Crippen LogP contribution is 2.39. The summed E-state index contributed by atoms with van der Waals surface area (Å²) in [4.78, 5) is 14.7. The largest absolute Gasteiger partial charge is 0.492 e. The second kappa shape index (κ2) is 11.1. The lowest BCUT2D eigenvalue weighted by atomic mass is 10.1. The molecule has 1 heterocycles. The molecule has 1 amide bonds. The molecule has 1 aliphatic heterocycles.